The van der Waals surface area contributed by atoms with Gasteiger partial charge in [-0.3, -0.25) is 4.90 Å². The van der Waals surface area contributed by atoms with Crippen LogP contribution in [0.4, 0.5) is 4.79 Å². The monoisotopic (exact) mass is 294 g/mol. The first-order valence-corrected chi connectivity index (χ1v) is 8.22. The lowest BCUT2D eigenvalue weighted by molar-refractivity contribution is 0.0778. The Balaban J connectivity index is 1.80. The molecule has 1 aromatic rings. The van der Waals surface area contributed by atoms with E-state index in [1.54, 1.807) is 16.7 Å². The number of hydrogen-bond acceptors (Lipinski definition) is 4. The summed E-state index contributed by atoms with van der Waals surface area (Å²) < 4.78 is 5.03. The predicted molar refractivity (Wildman–Crippen MR) is 82.1 cm³/mol. The van der Waals surface area contributed by atoms with E-state index < -0.39 is 0 Å². The van der Waals surface area contributed by atoms with Gasteiger partial charge in [0, 0.05) is 37.6 Å². The fourth-order valence-corrected chi connectivity index (χ4v) is 2.70. The van der Waals surface area contributed by atoms with E-state index in [-0.39, 0.29) is 6.09 Å². The Morgan fingerprint density at radius 3 is 2.40 bits per heavy atom. The molecule has 0 bridgehead atoms. The molecule has 1 fully saturated rings. The first-order chi connectivity index (χ1) is 9.72. The lowest BCUT2D eigenvalue weighted by atomic mass is 10.2. The molecule has 0 N–H and O–H groups in total. The average Bonchev–Trinajstić information content (AvgIpc) is 2.49. The summed E-state index contributed by atoms with van der Waals surface area (Å²) in [5, 5.41) is 0. The number of nitrogens with zero attached hydrogens (tertiary/aromatic N) is 2. The second kappa shape index (κ2) is 7.55. The molecule has 1 aliphatic heterocycles. The largest absolute Gasteiger partial charge is 0.450 e. The number of amides is 1. The fourth-order valence-electron chi connectivity index (χ4n) is 2.29. The summed E-state index contributed by atoms with van der Waals surface area (Å²) in [5.41, 5.74) is 1.33. The van der Waals surface area contributed by atoms with E-state index in [9.17, 15) is 4.79 Å². The molecule has 0 aromatic heterocycles. The second-order valence-electron chi connectivity index (χ2n) is 4.81. The van der Waals surface area contributed by atoms with Gasteiger partial charge in [0.05, 0.1) is 6.61 Å². The van der Waals surface area contributed by atoms with Crippen LogP contribution in [0.5, 0.6) is 0 Å². The van der Waals surface area contributed by atoms with Crippen LogP contribution in [0, 0.1) is 0 Å². The van der Waals surface area contributed by atoms with Crippen LogP contribution >= 0.6 is 11.8 Å². The minimum Gasteiger partial charge on any atom is -0.450 e. The molecule has 1 amide bonds. The lowest BCUT2D eigenvalue weighted by Gasteiger charge is -2.34. The predicted octanol–water partition coefficient (Wildman–Crippen LogP) is 2.68. The first kappa shape index (κ1) is 15.2. The molecule has 1 heterocycles. The minimum atomic E-state index is -0.184. The van der Waals surface area contributed by atoms with Gasteiger partial charge < -0.3 is 9.64 Å². The van der Waals surface area contributed by atoms with E-state index in [4.69, 9.17) is 4.74 Å². The van der Waals surface area contributed by atoms with Crippen LogP contribution in [-0.4, -0.2) is 54.9 Å². The van der Waals surface area contributed by atoms with Crippen molar-refractivity contribution in [3.63, 3.8) is 0 Å². The molecule has 5 heteroatoms. The van der Waals surface area contributed by atoms with Gasteiger partial charge in [-0.2, -0.15) is 0 Å². The third-order valence-electron chi connectivity index (χ3n) is 3.46. The molecule has 4 nitrogen and oxygen atoms in total. The smallest absolute Gasteiger partial charge is 0.409 e. The van der Waals surface area contributed by atoms with Crippen molar-refractivity contribution >= 4 is 17.9 Å². The number of carbonyl (C=O) groups excluding carboxylic acids is 1. The number of hydrogen-bond donors (Lipinski definition) is 0. The molecule has 0 unspecified atom stereocenters. The van der Waals surface area contributed by atoms with Gasteiger partial charge in [-0.05, 0) is 30.9 Å². The first-order valence-electron chi connectivity index (χ1n) is 7.00. The Morgan fingerprint density at radius 1 is 1.20 bits per heavy atom. The van der Waals surface area contributed by atoms with Gasteiger partial charge in [0.25, 0.3) is 0 Å². The van der Waals surface area contributed by atoms with Crippen molar-refractivity contribution < 1.29 is 9.53 Å². The molecule has 20 heavy (non-hydrogen) atoms. The fraction of sp³-hybridized carbons (Fsp3) is 0.533. The quantitative estimate of drug-likeness (QED) is 0.799. The molecule has 110 valence electrons. The molecule has 1 aromatic carbocycles. The third kappa shape index (κ3) is 4.15. The number of ether oxygens (including phenoxy) is 1. The molecule has 1 saturated heterocycles. The Morgan fingerprint density at radius 2 is 1.85 bits per heavy atom. The van der Waals surface area contributed by atoms with Crippen molar-refractivity contribution in [2.75, 3.05) is 39.0 Å². The van der Waals surface area contributed by atoms with Crippen LogP contribution < -0.4 is 0 Å². The highest BCUT2D eigenvalue weighted by molar-refractivity contribution is 7.98. The summed E-state index contributed by atoms with van der Waals surface area (Å²) in [5.74, 6) is 0. The molecule has 0 aliphatic carbocycles. The highest BCUT2D eigenvalue weighted by atomic mass is 32.2. The van der Waals surface area contributed by atoms with Crippen molar-refractivity contribution in [3.8, 4) is 0 Å². The Hall–Kier alpha value is -1.20. The van der Waals surface area contributed by atoms with Gasteiger partial charge in [-0.25, -0.2) is 4.79 Å². The SMILES string of the molecule is CCOC(=O)N1CCN(Cc2ccc(SC)cc2)CC1. The maximum atomic E-state index is 11.6. The lowest BCUT2D eigenvalue weighted by Crippen LogP contribution is -2.48. The normalized spacial score (nSPS) is 16.2. The van der Waals surface area contributed by atoms with Crippen molar-refractivity contribution in [2.45, 2.75) is 18.4 Å². The number of rotatable bonds is 4. The summed E-state index contributed by atoms with van der Waals surface area (Å²) in [7, 11) is 0. The van der Waals surface area contributed by atoms with Crippen molar-refractivity contribution in [1.29, 1.82) is 0 Å². The van der Waals surface area contributed by atoms with Gasteiger partial charge in [0.1, 0.15) is 0 Å². The highest BCUT2D eigenvalue weighted by Crippen LogP contribution is 2.16. The molecule has 1 aliphatic rings. The summed E-state index contributed by atoms with van der Waals surface area (Å²) >= 11 is 1.76. The summed E-state index contributed by atoms with van der Waals surface area (Å²) in [6, 6.07) is 8.69. The van der Waals surface area contributed by atoms with Gasteiger partial charge in [0.2, 0.25) is 0 Å². The van der Waals surface area contributed by atoms with Crippen LogP contribution in [0.15, 0.2) is 29.2 Å². The Labute approximate surface area is 125 Å². The average molecular weight is 294 g/mol. The van der Waals surface area contributed by atoms with E-state index in [0.29, 0.717) is 6.61 Å². The van der Waals surface area contributed by atoms with Gasteiger partial charge >= 0.3 is 6.09 Å². The molecule has 0 radical (unpaired) electrons. The maximum absolute atomic E-state index is 11.6. The number of carbonyl (C=O) groups is 1. The van der Waals surface area contributed by atoms with Crippen molar-refractivity contribution in [1.82, 2.24) is 9.80 Å². The van der Waals surface area contributed by atoms with Crippen LogP contribution in [-0.2, 0) is 11.3 Å². The standard InChI is InChI=1S/C15H22N2O2S/c1-3-19-15(18)17-10-8-16(9-11-17)12-13-4-6-14(20-2)7-5-13/h4-7H,3,8-12H2,1-2H3. The van der Waals surface area contributed by atoms with E-state index >= 15 is 0 Å². The van der Waals surface area contributed by atoms with Crippen LogP contribution in [0.2, 0.25) is 0 Å². The molecule has 0 atom stereocenters. The molecule has 0 spiro atoms. The maximum Gasteiger partial charge on any atom is 0.409 e. The third-order valence-corrected chi connectivity index (χ3v) is 4.21. The van der Waals surface area contributed by atoms with Gasteiger partial charge in [0.15, 0.2) is 0 Å². The Kier molecular flexibility index (Phi) is 5.73. The van der Waals surface area contributed by atoms with E-state index in [2.05, 4.69) is 35.4 Å². The van der Waals surface area contributed by atoms with Crippen LogP contribution in [0.1, 0.15) is 12.5 Å². The molecule has 2 rings (SSSR count). The zero-order valence-electron chi connectivity index (χ0n) is 12.2. The van der Waals surface area contributed by atoms with E-state index in [0.717, 1.165) is 32.7 Å². The van der Waals surface area contributed by atoms with Crippen LogP contribution in [0.3, 0.4) is 0 Å². The number of benzene rings is 1. The summed E-state index contributed by atoms with van der Waals surface area (Å²) in [4.78, 5) is 17.1. The number of thioether (sulfide) groups is 1. The van der Waals surface area contributed by atoms with E-state index in [1.165, 1.54) is 10.5 Å². The molecule has 0 saturated carbocycles. The topological polar surface area (TPSA) is 32.8 Å². The van der Waals surface area contributed by atoms with E-state index in [1.807, 2.05) is 6.92 Å². The summed E-state index contributed by atoms with van der Waals surface area (Å²) in [6.07, 6.45) is 1.90. The Bertz CT molecular complexity index is 428. The van der Waals surface area contributed by atoms with Gasteiger partial charge in [-0.15, -0.1) is 11.8 Å². The van der Waals surface area contributed by atoms with Crippen LogP contribution in [0.25, 0.3) is 0 Å². The summed E-state index contributed by atoms with van der Waals surface area (Å²) in [6.45, 7) is 6.55. The minimum absolute atomic E-state index is 0.184. The van der Waals surface area contributed by atoms with Crippen molar-refractivity contribution in [2.24, 2.45) is 0 Å². The number of piperazine rings is 1. The zero-order chi connectivity index (χ0) is 14.4. The highest BCUT2D eigenvalue weighted by Gasteiger charge is 2.21. The zero-order valence-corrected chi connectivity index (χ0v) is 13.0. The molecular formula is C15H22N2O2S. The van der Waals surface area contributed by atoms with Crippen molar-refractivity contribution in [3.05, 3.63) is 29.8 Å². The van der Waals surface area contributed by atoms with Gasteiger partial charge in [-0.1, -0.05) is 12.1 Å². The molecular weight excluding hydrogens is 272 g/mol. The second-order valence-corrected chi connectivity index (χ2v) is 5.69.